The molecule has 0 radical (unpaired) electrons. The molecule has 4 fully saturated rings. The molecule has 13 atom stereocenters. The maximum atomic E-state index is 10.7. The fourth-order valence-corrected chi connectivity index (χ4v) is 4.80. The zero-order valence-electron chi connectivity index (χ0n) is 31.0. The van der Waals surface area contributed by atoms with Crippen molar-refractivity contribution in [3.63, 3.8) is 0 Å². The van der Waals surface area contributed by atoms with Gasteiger partial charge in [0.2, 0.25) is 11.8 Å². The van der Waals surface area contributed by atoms with Crippen molar-refractivity contribution in [3.8, 4) is 0 Å². The number of carbonyl (C=O) groups is 4. The molecule has 0 saturated carbocycles. The Morgan fingerprint density at radius 3 is 1.25 bits per heavy atom. The van der Waals surface area contributed by atoms with Crippen molar-refractivity contribution in [2.45, 2.75) is 112 Å². The number of amides is 2. The molecule has 0 aromatic rings. The van der Waals surface area contributed by atoms with Crippen LogP contribution in [-0.2, 0) is 38.1 Å². The average molecular weight is 835 g/mol. The van der Waals surface area contributed by atoms with E-state index in [-0.39, 0.29) is 138 Å². The predicted molar refractivity (Wildman–Crippen MR) is 169 cm³/mol. The smallest absolute Gasteiger partial charge is 0.547 e. The van der Waals surface area contributed by atoms with Crippen molar-refractivity contribution in [1.82, 2.24) is 10.6 Å². The van der Waals surface area contributed by atoms with Crippen LogP contribution in [0.5, 0.6) is 0 Å². The van der Waals surface area contributed by atoms with Gasteiger partial charge in [-0.3, -0.25) is 9.59 Å². The van der Waals surface area contributed by atoms with E-state index < -0.39 is 79.1 Å². The van der Waals surface area contributed by atoms with E-state index in [0.717, 1.165) is 0 Å². The summed E-state index contributed by atoms with van der Waals surface area (Å²) in [4.78, 5) is 41.7. The van der Waals surface area contributed by atoms with Crippen molar-refractivity contribution in [2.24, 2.45) is 0 Å². The van der Waals surface area contributed by atoms with Gasteiger partial charge in [0.25, 0.3) is 0 Å². The molecular weight excluding hydrogens is 778 g/mol. The predicted octanol–water partition coefficient (Wildman–Crippen LogP) is -18.6. The van der Waals surface area contributed by atoms with Crippen LogP contribution in [0.15, 0.2) is 0 Å². The Kier molecular flexibility index (Phi) is 40.9. The number of carboxylic acid groups (broad SMARTS) is 2. The van der Waals surface area contributed by atoms with Gasteiger partial charge in [-0.2, -0.15) is 0 Å². The molecular formula is C28H56N2Na2O23. The molecule has 4 aliphatic heterocycles. The van der Waals surface area contributed by atoms with Crippen LogP contribution in [0, 0.1) is 0 Å². The molecule has 318 valence electrons. The Labute approximate surface area is 359 Å². The second kappa shape index (κ2) is 34.1. The van der Waals surface area contributed by atoms with Crippen molar-refractivity contribution < 1.29 is 175 Å². The van der Waals surface area contributed by atoms with Crippen LogP contribution in [0.3, 0.4) is 0 Å². The Hall–Kier alpha value is -0.800. The Bertz CT molecular complexity index is 1000. The summed E-state index contributed by atoms with van der Waals surface area (Å²) in [5.74, 6) is -3.23. The molecule has 0 aromatic carbocycles. The van der Waals surface area contributed by atoms with Crippen LogP contribution in [0.2, 0.25) is 0 Å². The van der Waals surface area contributed by atoms with Gasteiger partial charge in [0.15, 0.2) is 0 Å². The Balaban J connectivity index is -0.000000141. The monoisotopic (exact) mass is 834 g/mol. The summed E-state index contributed by atoms with van der Waals surface area (Å²) in [7, 11) is 0. The second-order valence-corrected chi connectivity index (χ2v) is 11.6. The first-order valence-corrected chi connectivity index (χ1v) is 15.3. The van der Waals surface area contributed by atoms with Crippen LogP contribution in [0.25, 0.3) is 0 Å². The first-order valence-electron chi connectivity index (χ1n) is 15.3. The van der Waals surface area contributed by atoms with Crippen LogP contribution >= 0.6 is 0 Å². The molecule has 0 aromatic heterocycles. The molecule has 0 aliphatic carbocycles. The summed E-state index contributed by atoms with van der Waals surface area (Å²) in [6.45, 7) is 2.69. The van der Waals surface area contributed by atoms with E-state index in [9.17, 15) is 39.6 Å². The molecule has 13 unspecified atom stereocenters. The molecule has 4 rings (SSSR count). The summed E-state index contributed by atoms with van der Waals surface area (Å²) in [6, 6.07) is -0.286. The van der Waals surface area contributed by atoms with Crippen molar-refractivity contribution in [1.29, 1.82) is 0 Å². The fraction of sp³-hybridized carbons (Fsp3) is 0.857. The minimum atomic E-state index is -1.64. The van der Waals surface area contributed by atoms with Gasteiger partial charge in [-0.15, -0.1) is 0 Å². The molecule has 19 N–H and O–H groups in total. The van der Waals surface area contributed by atoms with Crippen molar-refractivity contribution in [2.75, 3.05) is 39.6 Å². The quantitative estimate of drug-likeness (QED) is 0.111. The minimum Gasteiger partial charge on any atom is -0.547 e. The number of ether oxygens (including phenoxy) is 4. The average Bonchev–Trinajstić information content (AvgIpc) is 3.01. The number of rotatable bonds is 6. The van der Waals surface area contributed by atoms with E-state index in [1.807, 2.05) is 0 Å². The van der Waals surface area contributed by atoms with Gasteiger partial charge >= 0.3 is 59.1 Å². The maximum Gasteiger partial charge on any atom is 1.00 e. The van der Waals surface area contributed by atoms with E-state index in [4.69, 9.17) is 45.2 Å². The van der Waals surface area contributed by atoms with Crippen LogP contribution in [0.1, 0.15) is 33.1 Å². The third-order valence-electron chi connectivity index (χ3n) is 7.47. The van der Waals surface area contributed by atoms with Crippen molar-refractivity contribution >= 4 is 23.8 Å². The third-order valence-corrected chi connectivity index (χ3v) is 7.47. The number of aliphatic hydroxyl groups is 9. The van der Waals surface area contributed by atoms with Gasteiger partial charge in [0, 0.05) is 20.3 Å². The number of carbonyl (C=O) groups excluding carboxylic acids is 4. The number of hydrogen-bond acceptors (Lipinski definition) is 19. The fourth-order valence-electron chi connectivity index (χ4n) is 4.80. The van der Waals surface area contributed by atoms with Crippen LogP contribution in [0.4, 0.5) is 0 Å². The second-order valence-electron chi connectivity index (χ2n) is 11.6. The molecule has 27 heteroatoms. The number of hydrogen-bond donors (Lipinski definition) is 11. The van der Waals surface area contributed by atoms with Gasteiger partial charge in [-0.1, -0.05) is 0 Å². The van der Waals surface area contributed by atoms with Gasteiger partial charge < -0.3 is 117 Å². The maximum absolute atomic E-state index is 10.7. The molecule has 55 heavy (non-hydrogen) atoms. The SMILES string of the molecule is CC(=O)NC1COC(CO)C(O)C1.CC(=O)NC1COC(CO)C(O)C1.O.O.O.O.O=C([O-])C1CC(O)C(O)CO1.O=C([O-])C1OCC(O)C(O)C1O.[Na+].[Na+]. The van der Waals surface area contributed by atoms with E-state index >= 15 is 0 Å². The minimum absolute atomic E-state index is 0. The summed E-state index contributed by atoms with van der Waals surface area (Å²) in [5.41, 5.74) is 0. The van der Waals surface area contributed by atoms with Gasteiger partial charge in [-0.05, 0) is 12.8 Å². The van der Waals surface area contributed by atoms with Crippen LogP contribution in [-0.4, -0.2) is 210 Å². The molecule has 4 aliphatic rings. The zero-order valence-corrected chi connectivity index (χ0v) is 35.0. The Morgan fingerprint density at radius 2 is 0.945 bits per heavy atom. The summed E-state index contributed by atoms with van der Waals surface area (Å²) < 4.78 is 19.4. The summed E-state index contributed by atoms with van der Waals surface area (Å²) in [5, 5.41) is 107. The van der Waals surface area contributed by atoms with E-state index in [1.165, 1.54) is 13.8 Å². The van der Waals surface area contributed by atoms with Crippen LogP contribution < -0.4 is 80.0 Å². The Morgan fingerprint density at radius 1 is 0.545 bits per heavy atom. The number of aliphatic carboxylic acids is 2. The summed E-state index contributed by atoms with van der Waals surface area (Å²) >= 11 is 0. The molecule has 0 bridgehead atoms. The number of nitrogens with one attached hydrogen (secondary N) is 2. The zero-order chi connectivity index (χ0) is 37.4. The largest absolute Gasteiger partial charge is 1.00 e. The van der Waals surface area contributed by atoms with Gasteiger partial charge in [0.05, 0.1) is 88.1 Å². The standard InChI is InChI=1S/2C8H15NO4.C6H10O6.C6H10O5.2Na.4H2O/c2*1-5(11)9-6-2-7(12)8(3-10)13-4-6;7-2-1-12-5(6(10)11)4(9)3(2)8;7-3-1-5(6(9)10)11-2-4(3)8;;;;;;/h2*6-8,10,12H,2-4H2,1H3,(H,9,11);2-5,7-9H,1H2,(H,10,11);3-5,7-8H,1-2H2,(H,9,10);;;4*1H2/q;;;;2*+1;;;;/p-2. The van der Waals surface area contributed by atoms with E-state index in [0.29, 0.717) is 26.1 Å². The van der Waals surface area contributed by atoms with E-state index in [1.54, 1.807) is 0 Å². The molecule has 0 spiro atoms. The van der Waals surface area contributed by atoms with Crippen molar-refractivity contribution in [3.05, 3.63) is 0 Å². The first kappa shape index (κ1) is 66.0. The molecule has 2 amide bonds. The number of aliphatic hydroxyl groups excluding tert-OH is 9. The molecule has 4 heterocycles. The normalized spacial score (nSPS) is 33.2. The first-order chi connectivity index (χ1) is 22.9. The topological polar surface area (TPSA) is 483 Å². The number of carboxylic acids is 2. The summed E-state index contributed by atoms with van der Waals surface area (Å²) in [6.07, 6.45) is -10.7. The third kappa shape index (κ3) is 24.7. The molecule has 25 nitrogen and oxygen atoms in total. The van der Waals surface area contributed by atoms with Gasteiger partial charge in [0.1, 0.15) is 42.7 Å². The molecule has 4 saturated heterocycles. The van der Waals surface area contributed by atoms with Gasteiger partial charge in [-0.25, -0.2) is 0 Å². The van der Waals surface area contributed by atoms with E-state index in [2.05, 4.69) is 20.1 Å².